The van der Waals surface area contributed by atoms with Crippen LogP contribution in [-0.4, -0.2) is 60.2 Å². The predicted octanol–water partition coefficient (Wildman–Crippen LogP) is 2.55. The first kappa shape index (κ1) is 19.5. The Morgan fingerprint density at radius 1 is 1.30 bits per heavy atom. The maximum atomic E-state index is 12.4. The number of rotatable bonds is 6. The molecule has 0 unspecified atom stereocenters. The number of aryl methyl sites for hydroxylation is 2. The number of hydrogen-bond acceptors (Lipinski definition) is 6. The highest BCUT2D eigenvalue weighted by Crippen LogP contribution is 2.29. The first-order chi connectivity index (χ1) is 13.0. The van der Waals surface area contributed by atoms with Crippen LogP contribution in [0, 0.1) is 13.8 Å². The average Bonchev–Trinajstić information content (AvgIpc) is 2.66. The van der Waals surface area contributed by atoms with Crippen LogP contribution in [0.25, 0.3) is 0 Å². The molecule has 1 fully saturated rings. The molecule has 0 bridgehead atoms. The van der Waals surface area contributed by atoms with E-state index in [9.17, 15) is 4.79 Å². The number of morpholine rings is 1. The molecule has 1 aliphatic heterocycles. The second kappa shape index (κ2) is 9.12. The summed E-state index contributed by atoms with van der Waals surface area (Å²) in [6, 6.07) is 5.49. The lowest BCUT2D eigenvalue weighted by molar-refractivity contribution is 0.0383. The van der Waals surface area contributed by atoms with Crippen LogP contribution in [0.4, 0.5) is 11.6 Å². The lowest BCUT2D eigenvalue weighted by atomic mass is 10.1. The Labute approximate surface area is 164 Å². The van der Waals surface area contributed by atoms with Crippen molar-refractivity contribution in [3.63, 3.8) is 0 Å². The summed E-state index contributed by atoms with van der Waals surface area (Å²) < 4.78 is 5.32. The molecule has 0 atom stereocenters. The minimum Gasteiger partial charge on any atom is -0.379 e. The lowest BCUT2D eigenvalue weighted by Gasteiger charge is -2.26. The number of nitrogens with one attached hydrogen (secondary N) is 2. The molecule has 2 N–H and O–H groups in total. The minimum atomic E-state index is -0.222. The number of amides is 1. The Morgan fingerprint density at radius 3 is 2.81 bits per heavy atom. The first-order valence-electron chi connectivity index (χ1n) is 8.98. The summed E-state index contributed by atoms with van der Waals surface area (Å²) in [7, 11) is 0. The second-order valence-electron chi connectivity index (χ2n) is 6.54. The summed E-state index contributed by atoms with van der Waals surface area (Å²) in [6.45, 7) is 8.59. The van der Waals surface area contributed by atoms with Gasteiger partial charge in [0.2, 0.25) is 5.95 Å². The van der Waals surface area contributed by atoms with Gasteiger partial charge >= 0.3 is 0 Å². The molecule has 0 radical (unpaired) electrons. The fourth-order valence-electron chi connectivity index (χ4n) is 2.97. The van der Waals surface area contributed by atoms with Crippen molar-refractivity contribution in [3.8, 4) is 0 Å². The second-order valence-corrected chi connectivity index (χ2v) is 6.95. The zero-order valence-corrected chi connectivity index (χ0v) is 16.3. The van der Waals surface area contributed by atoms with E-state index in [0.29, 0.717) is 23.2 Å². The van der Waals surface area contributed by atoms with Gasteiger partial charge in [0.15, 0.2) is 0 Å². The van der Waals surface area contributed by atoms with Gasteiger partial charge in [-0.3, -0.25) is 9.69 Å². The van der Waals surface area contributed by atoms with Gasteiger partial charge < -0.3 is 15.4 Å². The Morgan fingerprint density at radius 2 is 2.07 bits per heavy atom. The van der Waals surface area contributed by atoms with Crippen molar-refractivity contribution >= 4 is 29.1 Å². The molecule has 1 amide bonds. The number of halogens is 1. The zero-order chi connectivity index (χ0) is 19.2. The number of carbonyl (C=O) groups is 1. The SMILES string of the molecule is Cc1cc(C)c(Nc2nccc(C(=O)NCCN3CCOCC3)n2)c(Cl)c1. The van der Waals surface area contributed by atoms with Crippen LogP contribution in [0.15, 0.2) is 24.4 Å². The molecule has 8 heteroatoms. The Kier molecular flexibility index (Phi) is 6.60. The van der Waals surface area contributed by atoms with Crippen molar-refractivity contribution < 1.29 is 9.53 Å². The molecule has 1 aliphatic rings. The molecule has 2 aromatic rings. The average molecular weight is 390 g/mol. The molecular formula is C19H24ClN5O2. The molecule has 1 saturated heterocycles. The molecule has 1 aromatic carbocycles. The van der Waals surface area contributed by atoms with Crippen molar-refractivity contribution in [2.24, 2.45) is 0 Å². The lowest BCUT2D eigenvalue weighted by Crippen LogP contribution is -2.41. The van der Waals surface area contributed by atoms with Crippen molar-refractivity contribution in [2.45, 2.75) is 13.8 Å². The number of nitrogens with zero attached hydrogens (tertiary/aromatic N) is 3. The summed E-state index contributed by atoms with van der Waals surface area (Å²) in [5, 5.41) is 6.61. The summed E-state index contributed by atoms with van der Waals surface area (Å²) >= 11 is 6.32. The van der Waals surface area contributed by atoms with Crippen LogP contribution >= 0.6 is 11.6 Å². The van der Waals surface area contributed by atoms with E-state index in [2.05, 4.69) is 25.5 Å². The molecular weight excluding hydrogens is 366 g/mol. The van der Waals surface area contributed by atoms with Crippen molar-refractivity contribution in [3.05, 3.63) is 46.2 Å². The van der Waals surface area contributed by atoms with Gasteiger partial charge in [-0.2, -0.15) is 0 Å². The highest BCUT2D eigenvalue weighted by atomic mass is 35.5. The van der Waals surface area contributed by atoms with Gasteiger partial charge in [0.05, 0.1) is 23.9 Å². The van der Waals surface area contributed by atoms with Gasteiger partial charge in [-0.25, -0.2) is 9.97 Å². The quantitative estimate of drug-likeness (QED) is 0.790. The molecule has 3 rings (SSSR count). The number of carbonyl (C=O) groups excluding carboxylic acids is 1. The van der Waals surface area contributed by atoms with E-state index < -0.39 is 0 Å². The topological polar surface area (TPSA) is 79.4 Å². The number of benzene rings is 1. The van der Waals surface area contributed by atoms with E-state index in [1.54, 1.807) is 12.3 Å². The number of aromatic nitrogens is 2. The van der Waals surface area contributed by atoms with Gasteiger partial charge in [0.1, 0.15) is 5.69 Å². The maximum absolute atomic E-state index is 12.4. The van der Waals surface area contributed by atoms with E-state index in [0.717, 1.165) is 49.7 Å². The number of ether oxygens (including phenoxy) is 1. The molecule has 27 heavy (non-hydrogen) atoms. The van der Waals surface area contributed by atoms with Crippen LogP contribution < -0.4 is 10.6 Å². The van der Waals surface area contributed by atoms with E-state index in [-0.39, 0.29) is 5.91 Å². The third kappa shape index (κ3) is 5.38. The minimum absolute atomic E-state index is 0.222. The highest BCUT2D eigenvalue weighted by molar-refractivity contribution is 6.33. The molecule has 0 spiro atoms. The Bertz CT molecular complexity index is 785. The monoisotopic (exact) mass is 389 g/mol. The highest BCUT2D eigenvalue weighted by Gasteiger charge is 2.13. The van der Waals surface area contributed by atoms with Crippen LogP contribution in [0.5, 0.6) is 0 Å². The number of hydrogen-bond donors (Lipinski definition) is 2. The van der Waals surface area contributed by atoms with E-state index >= 15 is 0 Å². The summed E-state index contributed by atoms with van der Waals surface area (Å²) in [4.78, 5) is 23.1. The Hall–Kier alpha value is -2.22. The van der Waals surface area contributed by atoms with Crippen molar-refractivity contribution in [1.29, 1.82) is 0 Å². The fourth-order valence-corrected chi connectivity index (χ4v) is 3.34. The maximum Gasteiger partial charge on any atom is 0.270 e. The van der Waals surface area contributed by atoms with Crippen molar-refractivity contribution in [2.75, 3.05) is 44.7 Å². The third-order valence-corrected chi connectivity index (χ3v) is 4.67. The van der Waals surface area contributed by atoms with E-state index in [1.165, 1.54) is 0 Å². The molecule has 1 aromatic heterocycles. The summed E-state index contributed by atoms with van der Waals surface area (Å²) in [5.41, 5.74) is 3.13. The molecule has 0 aliphatic carbocycles. The summed E-state index contributed by atoms with van der Waals surface area (Å²) in [6.07, 6.45) is 1.56. The first-order valence-corrected chi connectivity index (χ1v) is 9.36. The van der Waals surface area contributed by atoms with Gasteiger partial charge in [0, 0.05) is 32.4 Å². The standard InChI is InChI=1S/C19H24ClN5O2/c1-13-11-14(2)17(15(20)12-13)24-19-22-4-3-16(23-19)18(26)21-5-6-25-7-9-27-10-8-25/h3-4,11-12H,5-10H2,1-2H3,(H,21,26)(H,22,23,24). The van der Waals surface area contributed by atoms with Gasteiger partial charge in [-0.1, -0.05) is 17.7 Å². The van der Waals surface area contributed by atoms with Gasteiger partial charge in [-0.05, 0) is 37.1 Å². The van der Waals surface area contributed by atoms with Crippen LogP contribution in [0.3, 0.4) is 0 Å². The zero-order valence-electron chi connectivity index (χ0n) is 15.6. The molecule has 7 nitrogen and oxygen atoms in total. The molecule has 144 valence electrons. The largest absolute Gasteiger partial charge is 0.379 e. The fraction of sp³-hybridized carbons (Fsp3) is 0.421. The predicted molar refractivity (Wildman–Crippen MR) is 106 cm³/mol. The number of anilines is 2. The van der Waals surface area contributed by atoms with Crippen molar-refractivity contribution in [1.82, 2.24) is 20.2 Å². The normalized spacial score (nSPS) is 14.8. The van der Waals surface area contributed by atoms with Gasteiger partial charge in [0.25, 0.3) is 5.91 Å². The van der Waals surface area contributed by atoms with Crippen LogP contribution in [-0.2, 0) is 4.74 Å². The Balaban J connectivity index is 1.60. The molecule has 0 saturated carbocycles. The van der Waals surface area contributed by atoms with Gasteiger partial charge in [-0.15, -0.1) is 0 Å². The van der Waals surface area contributed by atoms with Crippen LogP contribution in [0.2, 0.25) is 5.02 Å². The van der Waals surface area contributed by atoms with Crippen LogP contribution in [0.1, 0.15) is 21.6 Å². The van der Waals surface area contributed by atoms with E-state index in [4.69, 9.17) is 16.3 Å². The molecule has 2 heterocycles. The summed E-state index contributed by atoms with van der Waals surface area (Å²) in [5.74, 6) is 0.116. The van der Waals surface area contributed by atoms with E-state index in [1.807, 2.05) is 26.0 Å². The smallest absolute Gasteiger partial charge is 0.270 e. The third-order valence-electron chi connectivity index (χ3n) is 4.37.